The lowest BCUT2D eigenvalue weighted by atomic mass is 10.1. The molecular formula is C18H20FN3O5. The van der Waals surface area contributed by atoms with Crippen molar-refractivity contribution in [2.75, 3.05) is 13.1 Å². The first-order valence-electron chi connectivity index (χ1n) is 8.05. The fourth-order valence-corrected chi connectivity index (χ4v) is 2.16. The first kappa shape index (κ1) is 21.6. The summed E-state index contributed by atoms with van der Waals surface area (Å²) in [4.78, 5) is 46.2. The molecule has 0 unspecified atom stereocenters. The lowest BCUT2D eigenvalue weighted by molar-refractivity contribution is -0.122. The molecule has 144 valence electrons. The molecule has 0 saturated heterocycles. The molecule has 1 heterocycles. The zero-order valence-electron chi connectivity index (χ0n) is 14.6. The zero-order valence-corrected chi connectivity index (χ0v) is 14.6. The molecule has 0 bridgehead atoms. The van der Waals surface area contributed by atoms with Crippen LogP contribution < -0.4 is 16.2 Å². The summed E-state index contributed by atoms with van der Waals surface area (Å²) in [5.74, 6) is -1.08. The van der Waals surface area contributed by atoms with E-state index in [-0.39, 0.29) is 36.9 Å². The van der Waals surface area contributed by atoms with Gasteiger partial charge in [0.1, 0.15) is 5.82 Å². The number of carbonyl (C=O) groups excluding carboxylic acids is 2. The molecule has 8 nitrogen and oxygen atoms in total. The molecule has 0 spiro atoms. The average molecular weight is 377 g/mol. The molecule has 27 heavy (non-hydrogen) atoms. The quantitative estimate of drug-likeness (QED) is 0.440. The highest BCUT2D eigenvalue weighted by Crippen LogP contribution is 2.04. The van der Waals surface area contributed by atoms with Crippen molar-refractivity contribution in [3.05, 3.63) is 69.4 Å². The molecule has 1 aromatic carbocycles. The van der Waals surface area contributed by atoms with Gasteiger partial charge in [-0.2, -0.15) is 0 Å². The van der Waals surface area contributed by atoms with Gasteiger partial charge < -0.3 is 20.7 Å². The molecule has 2 amide bonds. The second-order valence-corrected chi connectivity index (χ2v) is 5.19. The van der Waals surface area contributed by atoms with Crippen molar-refractivity contribution >= 4 is 18.3 Å². The predicted molar refractivity (Wildman–Crippen MR) is 96.2 cm³/mol. The van der Waals surface area contributed by atoms with Crippen molar-refractivity contribution in [1.82, 2.24) is 15.6 Å². The number of aromatic nitrogens is 1. The van der Waals surface area contributed by atoms with Crippen LogP contribution in [0.25, 0.3) is 0 Å². The molecule has 0 radical (unpaired) electrons. The second kappa shape index (κ2) is 11.2. The van der Waals surface area contributed by atoms with Gasteiger partial charge in [0.25, 0.3) is 18.3 Å². The van der Waals surface area contributed by atoms with Gasteiger partial charge in [-0.25, -0.2) is 4.39 Å². The number of halogens is 1. The maximum Gasteiger partial charge on any atom is 0.290 e. The highest BCUT2D eigenvalue weighted by Gasteiger charge is 2.11. The van der Waals surface area contributed by atoms with Crippen molar-refractivity contribution in [2.24, 2.45) is 0 Å². The van der Waals surface area contributed by atoms with Crippen molar-refractivity contribution < 1.29 is 23.9 Å². The van der Waals surface area contributed by atoms with Crippen LogP contribution in [0, 0.1) is 5.82 Å². The van der Waals surface area contributed by atoms with Crippen molar-refractivity contribution in [3.8, 4) is 0 Å². The molecule has 4 N–H and O–H groups in total. The number of hydrogen-bond donors (Lipinski definition) is 4. The third-order valence-electron chi connectivity index (χ3n) is 3.40. The standard InChI is InChI=1S/C17H18FN3O3.CH2O2/c1-2-14-13(7-8-15(22)21-14)17(24)20-10-9-19-16(23)11-3-5-12(18)6-4-11;2-1-3/h3-8H,2,9-10H2,1H3,(H,19,23)(H,20,24)(H,21,22);1H,(H,2,3). The van der Waals surface area contributed by atoms with E-state index in [9.17, 15) is 18.8 Å². The Hall–Kier alpha value is -3.49. The number of nitrogens with one attached hydrogen (secondary N) is 3. The number of H-pyrrole nitrogens is 1. The zero-order chi connectivity index (χ0) is 20.2. The number of aromatic amines is 1. The Morgan fingerprint density at radius 2 is 1.63 bits per heavy atom. The van der Waals surface area contributed by atoms with Crippen LogP contribution in [-0.4, -0.2) is 41.5 Å². The molecule has 0 aliphatic rings. The van der Waals surface area contributed by atoms with Crippen LogP contribution >= 0.6 is 0 Å². The summed E-state index contributed by atoms with van der Waals surface area (Å²) in [5.41, 5.74) is 1.06. The Bertz CT molecular complexity index is 834. The van der Waals surface area contributed by atoms with Crippen molar-refractivity contribution in [2.45, 2.75) is 13.3 Å². The van der Waals surface area contributed by atoms with Gasteiger partial charge in [0.15, 0.2) is 0 Å². The second-order valence-electron chi connectivity index (χ2n) is 5.19. The number of aryl methyl sites for hydroxylation is 1. The summed E-state index contributed by atoms with van der Waals surface area (Å²) in [5, 5.41) is 12.2. The lowest BCUT2D eigenvalue weighted by Crippen LogP contribution is -2.35. The van der Waals surface area contributed by atoms with Gasteiger partial charge in [0.05, 0.1) is 5.56 Å². The number of hydrogen-bond acceptors (Lipinski definition) is 4. The van der Waals surface area contributed by atoms with Gasteiger partial charge in [-0.3, -0.25) is 19.2 Å². The summed E-state index contributed by atoms with van der Waals surface area (Å²) in [7, 11) is 0. The van der Waals surface area contributed by atoms with Gasteiger partial charge in [-0.1, -0.05) is 6.92 Å². The maximum atomic E-state index is 12.8. The fourth-order valence-electron chi connectivity index (χ4n) is 2.16. The first-order chi connectivity index (χ1) is 12.9. The first-order valence-corrected chi connectivity index (χ1v) is 8.05. The topological polar surface area (TPSA) is 128 Å². The fraction of sp³-hybridized carbons (Fsp3) is 0.222. The summed E-state index contributed by atoms with van der Waals surface area (Å²) >= 11 is 0. The normalized spacial score (nSPS) is 9.56. The van der Waals surface area contributed by atoms with Gasteiger partial charge in [-0.05, 0) is 36.8 Å². The number of carbonyl (C=O) groups is 3. The average Bonchev–Trinajstić information content (AvgIpc) is 2.66. The van der Waals surface area contributed by atoms with E-state index in [1.54, 1.807) is 0 Å². The Morgan fingerprint density at radius 3 is 2.19 bits per heavy atom. The van der Waals surface area contributed by atoms with Crippen LogP contribution in [0.15, 0.2) is 41.2 Å². The number of pyridine rings is 1. The minimum Gasteiger partial charge on any atom is -0.483 e. The van der Waals surface area contributed by atoms with Crippen LogP contribution in [0.3, 0.4) is 0 Å². The van der Waals surface area contributed by atoms with Gasteiger partial charge in [0, 0.05) is 30.4 Å². The lowest BCUT2D eigenvalue weighted by Gasteiger charge is -2.09. The summed E-state index contributed by atoms with van der Waals surface area (Å²) < 4.78 is 12.8. The van der Waals surface area contributed by atoms with E-state index in [0.29, 0.717) is 23.2 Å². The maximum absolute atomic E-state index is 12.8. The molecule has 0 aliphatic carbocycles. The molecule has 0 saturated carbocycles. The van der Waals surface area contributed by atoms with Gasteiger partial charge in [0.2, 0.25) is 5.56 Å². The molecule has 0 atom stereocenters. The van der Waals surface area contributed by atoms with E-state index in [1.165, 1.54) is 36.4 Å². The molecule has 0 aliphatic heterocycles. The van der Waals surface area contributed by atoms with Crippen LogP contribution in [0.4, 0.5) is 4.39 Å². The van der Waals surface area contributed by atoms with Gasteiger partial charge >= 0.3 is 0 Å². The number of carboxylic acid groups (broad SMARTS) is 1. The Morgan fingerprint density at radius 1 is 1.07 bits per heavy atom. The third kappa shape index (κ3) is 7.10. The molecular weight excluding hydrogens is 357 g/mol. The van der Waals surface area contributed by atoms with Crippen LogP contribution in [0.5, 0.6) is 0 Å². The van der Waals surface area contributed by atoms with Crippen LogP contribution in [0.2, 0.25) is 0 Å². The van der Waals surface area contributed by atoms with E-state index in [2.05, 4.69) is 15.6 Å². The number of amides is 2. The largest absolute Gasteiger partial charge is 0.483 e. The molecule has 2 rings (SSSR count). The monoisotopic (exact) mass is 377 g/mol. The summed E-state index contributed by atoms with van der Waals surface area (Å²) in [6.45, 7) is 2.05. The summed E-state index contributed by atoms with van der Waals surface area (Å²) in [6.07, 6.45) is 0.528. The van der Waals surface area contributed by atoms with E-state index in [1.807, 2.05) is 6.92 Å². The number of rotatable bonds is 6. The summed E-state index contributed by atoms with van der Waals surface area (Å²) in [6, 6.07) is 7.96. The Kier molecular flexibility index (Phi) is 8.93. The van der Waals surface area contributed by atoms with Crippen LogP contribution in [0.1, 0.15) is 33.3 Å². The third-order valence-corrected chi connectivity index (χ3v) is 3.40. The van der Waals surface area contributed by atoms with E-state index >= 15 is 0 Å². The SMILES string of the molecule is CCc1[nH]c(=O)ccc1C(=O)NCCNC(=O)c1ccc(F)cc1.O=CO. The van der Waals surface area contributed by atoms with Gasteiger partial charge in [-0.15, -0.1) is 0 Å². The minimum atomic E-state index is -0.411. The molecule has 9 heteroatoms. The van der Waals surface area contributed by atoms with E-state index < -0.39 is 5.82 Å². The molecule has 0 fully saturated rings. The van der Waals surface area contributed by atoms with Crippen molar-refractivity contribution in [1.29, 1.82) is 0 Å². The van der Waals surface area contributed by atoms with Crippen LogP contribution in [-0.2, 0) is 11.2 Å². The predicted octanol–water partition coefficient (Wildman–Crippen LogP) is 0.937. The Labute approximate surface area is 154 Å². The Balaban J connectivity index is 0.00000114. The highest BCUT2D eigenvalue weighted by atomic mass is 19.1. The minimum absolute atomic E-state index is 0.229. The van der Waals surface area contributed by atoms with Crippen molar-refractivity contribution in [3.63, 3.8) is 0 Å². The number of benzene rings is 1. The molecule has 1 aromatic heterocycles. The highest BCUT2D eigenvalue weighted by molar-refractivity contribution is 5.95. The molecule has 2 aromatic rings. The smallest absolute Gasteiger partial charge is 0.290 e. The van der Waals surface area contributed by atoms with E-state index in [4.69, 9.17) is 9.90 Å². The van der Waals surface area contributed by atoms with E-state index in [0.717, 1.165) is 0 Å².